The molecule has 0 aromatic heterocycles. The topological polar surface area (TPSA) is 43.4 Å². The van der Waals surface area contributed by atoms with Crippen molar-refractivity contribution in [2.24, 2.45) is 0 Å². The van der Waals surface area contributed by atoms with Crippen LogP contribution in [-0.4, -0.2) is 25.8 Å². The lowest BCUT2D eigenvalue weighted by atomic mass is 10.2. The van der Waals surface area contributed by atoms with Crippen molar-refractivity contribution in [3.05, 3.63) is 5.57 Å². The molecule has 1 atom stereocenters. The normalized spacial score (nSPS) is 13.1. The maximum Gasteiger partial charge on any atom is 0.264 e. The fourth-order valence-electron chi connectivity index (χ4n) is 1.51. The van der Waals surface area contributed by atoms with Gasteiger partial charge in [0.1, 0.15) is 11.3 Å². The molecule has 0 rings (SSSR count). The van der Waals surface area contributed by atoms with Crippen LogP contribution in [-0.2, 0) is 14.0 Å². The van der Waals surface area contributed by atoms with Gasteiger partial charge in [-0.15, -0.1) is 0 Å². The molecule has 0 aromatic carbocycles. The van der Waals surface area contributed by atoms with Gasteiger partial charge in [-0.3, -0.25) is 0 Å². The van der Waals surface area contributed by atoms with Crippen molar-refractivity contribution < 1.29 is 14.0 Å². The minimum absolute atomic E-state index is 0.151. The molecule has 0 aromatic rings. The lowest BCUT2D eigenvalue weighted by Gasteiger charge is -2.29. The third-order valence-corrected chi connectivity index (χ3v) is 7.33. The van der Waals surface area contributed by atoms with Crippen LogP contribution < -0.4 is 0 Å². The van der Waals surface area contributed by atoms with E-state index in [1.165, 1.54) is 0 Å². The average molecular weight is 228 g/mol. The molecule has 4 heteroatoms. The van der Waals surface area contributed by atoms with Crippen LogP contribution in [0.3, 0.4) is 0 Å². The molecular weight excluding hydrogens is 208 g/mol. The number of hydrogen-bond acceptors (Lipinski definition) is 3. The highest BCUT2D eigenvalue weighted by molar-refractivity contribution is 7.01. The van der Waals surface area contributed by atoms with Crippen LogP contribution in [0.25, 0.3) is 0 Å². The molecule has 0 saturated heterocycles. The Kier molecular flexibility index (Phi) is 5.72. The van der Waals surface area contributed by atoms with E-state index in [2.05, 4.69) is 0 Å². The summed E-state index contributed by atoms with van der Waals surface area (Å²) in [4.78, 5) is 22.1. The summed E-state index contributed by atoms with van der Waals surface area (Å²) >= 11 is 0. The molecule has 0 heterocycles. The second-order valence-corrected chi connectivity index (χ2v) is 8.15. The molecule has 0 aliphatic carbocycles. The molecule has 0 spiro atoms. The van der Waals surface area contributed by atoms with Crippen molar-refractivity contribution in [3.63, 3.8) is 0 Å². The van der Waals surface area contributed by atoms with Crippen molar-refractivity contribution >= 4 is 19.7 Å². The summed E-state index contributed by atoms with van der Waals surface area (Å²) in [5, 5.41) is 0.151. The van der Waals surface area contributed by atoms with Gasteiger partial charge in [0.05, 0.1) is 6.10 Å². The first kappa shape index (κ1) is 14.3. The lowest BCUT2D eigenvalue weighted by molar-refractivity contribution is -0.112. The van der Waals surface area contributed by atoms with Gasteiger partial charge in [0, 0.05) is 5.57 Å². The average Bonchev–Trinajstić information content (AvgIpc) is 2.24. The molecule has 0 bridgehead atoms. The van der Waals surface area contributed by atoms with Crippen LogP contribution in [0.5, 0.6) is 0 Å². The molecule has 0 aliphatic heterocycles. The maximum atomic E-state index is 11.6. The van der Waals surface area contributed by atoms with Crippen LogP contribution in [0, 0.1) is 0 Å². The second-order valence-electron chi connectivity index (χ2n) is 3.80. The lowest BCUT2D eigenvalue weighted by Crippen LogP contribution is -2.47. The van der Waals surface area contributed by atoms with Crippen molar-refractivity contribution in [2.75, 3.05) is 0 Å². The number of carbonyl (C=O) groups excluding carboxylic acids is 2. The Morgan fingerprint density at radius 1 is 1.33 bits per heavy atom. The second kappa shape index (κ2) is 6.01. The van der Waals surface area contributed by atoms with E-state index in [1.54, 1.807) is 20.8 Å². The Balaban J connectivity index is 4.84. The molecule has 0 amide bonds. The zero-order chi connectivity index (χ0) is 12.1. The SMILES string of the molecule is CC[Si](CC)(OC(C)C(C)=C=O)C(C)=O. The Morgan fingerprint density at radius 3 is 2.07 bits per heavy atom. The third kappa shape index (κ3) is 3.41. The van der Waals surface area contributed by atoms with Crippen molar-refractivity contribution in [1.29, 1.82) is 0 Å². The predicted octanol–water partition coefficient (Wildman–Crippen LogP) is 2.28. The van der Waals surface area contributed by atoms with Gasteiger partial charge in [-0.05, 0) is 32.9 Å². The van der Waals surface area contributed by atoms with Gasteiger partial charge >= 0.3 is 0 Å². The number of carbonyl (C=O) groups is 1. The highest BCUT2D eigenvalue weighted by Crippen LogP contribution is 2.21. The molecule has 0 aliphatic rings. The molecule has 0 N–H and O–H groups in total. The van der Waals surface area contributed by atoms with Gasteiger partial charge in [-0.25, -0.2) is 4.79 Å². The van der Waals surface area contributed by atoms with Gasteiger partial charge in [0.25, 0.3) is 8.32 Å². The van der Waals surface area contributed by atoms with Crippen LogP contribution in [0.15, 0.2) is 5.57 Å². The standard InChI is InChI=1S/C11H20O3Si/c1-6-15(7-2,11(5)13)14-10(4)9(3)8-12/h10H,6-7H2,1-5H3. The van der Waals surface area contributed by atoms with E-state index in [0.29, 0.717) is 5.57 Å². The maximum absolute atomic E-state index is 11.6. The zero-order valence-corrected chi connectivity index (χ0v) is 11.2. The summed E-state index contributed by atoms with van der Waals surface area (Å²) in [6.07, 6.45) is -0.294. The smallest absolute Gasteiger partial charge is 0.264 e. The van der Waals surface area contributed by atoms with E-state index in [4.69, 9.17) is 4.43 Å². The minimum Gasteiger partial charge on any atom is -0.402 e. The molecule has 15 heavy (non-hydrogen) atoms. The van der Waals surface area contributed by atoms with Crippen molar-refractivity contribution in [2.45, 2.75) is 52.8 Å². The van der Waals surface area contributed by atoms with Crippen LogP contribution in [0.4, 0.5) is 0 Å². The Morgan fingerprint density at radius 2 is 1.80 bits per heavy atom. The molecule has 0 saturated carbocycles. The van der Waals surface area contributed by atoms with Gasteiger partial charge < -0.3 is 9.22 Å². The first-order chi connectivity index (χ1) is 6.93. The summed E-state index contributed by atoms with van der Waals surface area (Å²) in [6.45, 7) is 9.03. The van der Waals surface area contributed by atoms with Gasteiger partial charge in [0.15, 0.2) is 0 Å². The fourth-order valence-corrected chi connectivity index (χ4v) is 4.36. The van der Waals surface area contributed by atoms with Gasteiger partial charge in [0.2, 0.25) is 0 Å². The van der Waals surface area contributed by atoms with Gasteiger partial charge in [-0.2, -0.15) is 0 Å². The highest BCUT2D eigenvalue weighted by atomic mass is 28.4. The van der Waals surface area contributed by atoms with E-state index in [0.717, 1.165) is 12.1 Å². The van der Waals surface area contributed by atoms with Crippen molar-refractivity contribution in [1.82, 2.24) is 0 Å². The highest BCUT2D eigenvalue weighted by Gasteiger charge is 2.38. The van der Waals surface area contributed by atoms with Crippen LogP contribution in [0.1, 0.15) is 34.6 Å². The van der Waals surface area contributed by atoms with E-state index in [9.17, 15) is 9.59 Å². The first-order valence-corrected chi connectivity index (χ1v) is 7.66. The van der Waals surface area contributed by atoms with Gasteiger partial charge in [-0.1, -0.05) is 13.8 Å². The zero-order valence-electron chi connectivity index (χ0n) is 10.2. The largest absolute Gasteiger partial charge is 0.402 e. The molecule has 86 valence electrons. The molecule has 3 nitrogen and oxygen atoms in total. The van der Waals surface area contributed by atoms with Crippen molar-refractivity contribution in [3.8, 4) is 0 Å². The third-order valence-electron chi connectivity index (χ3n) is 2.96. The summed E-state index contributed by atoms with van der Waals surface area (Å²) in [5.74, 6) is 1.83. The Bertz CT molecular complexity index is 276. The van der Waals surface area contributed by atoms with E-state index >= 15 is 0 Å². The summed E-state index contributed by atoms with van der Waals surface area (Å²) in [6, 6.07) is 1.52. The molecule has 0 radical (unpaired) electrons. The summed E-state index contributed by atoms with van der Waals surface area (Å²) in [7, 11) is -2.30. The molecular formula is C11H20O3Si. The van der Waals surface area contributed by atoms with E-state index < -0.39 is 8.32 Å². The monoisotopic (exact) mass is 228 g/mol. The number of hydrogen-bond donors (Lipinski definition) is 0. The molecule has 0 fully saturated rings. The quantitative estimate of drug-likeness (QED) is 0.517. The number of rotatable bonds is 6. The molecule has 1 unspecified atom stereocenters. The predicted molar refractivity (Wildman–Crippen MR) is 62.8 cm³/mol. The minimum atomic E-state index is -2.30. The summed E-state index contributed by atoms with van der Waals surface area (Å²) < 4.78 is 5.84. The summed E-state index contributed by atoms with van der Waals surface area (Å²) in [5.41, 5.74) is 0.523. The van der Waals surface area contributed by atoms with Crippen LogP contribution in [0.2, 0.25) is 12.1 Å². The Labute approximate surface area is 92.6 Å². The first-order valence-electron chi connectivity index (χ1n) is 5.34. The fraction of sp³-hybridized carbons (Fsp3) is 0.727. The van der Waals surface area contributed by atoms with Crippen LogP contribution >= 0.6 is 0 Å². The van der Waals surface area contributed by atoms with E-state index in [1.807, 2.05) is 19.8 Å². The van der Waals surface area contributed by atoms with E-state index in [-0.39, 0.29) is 11.5 Å². The Hall–Kier alpha value is -0.703.